The van der Waals surface area contributed by atoms with Crippen LogP contribution in [0.1, 0.15) is 51.1 Å². The van der Waals surface area contributed by atoms with Gasteiger partial charge in [0.1, 0.15) is 11.6 Å². The SMILES string of the molecule is CC(C)(C(N)c1c(F)cccc1F)N1CCCCCC1. The van der Waals surface area contributed by atoms with Crippen LogP contribution in [0, 0.1) is 11.6 Å². The molecule has 0 aliphatic carbocycles. The van der Waals surface area contributed by atoms with Gasteiger partial charge in [0.2, 0.25) is 0 Å². The van der Waals surface area contributed by atoms with Crippen LogP contribution in [0.25, 0.3) is 0 Å². The summed E-state index contributed by atoms with van der Waals surface area (Å²) in [6, 6.07) is 3.25. The first-order valence-corrected chi connectivity index (χ1v) is 7.39. The van der Waals surface area contributed by atoms with E-state index in [2.05, 4.69) is 4.90 Å². The molecule has 1 atom stereocenters. The predicted molar refractivity (Wildman–Crippen MR) is 77.4 cm³/mol. The van der Waals surface area contributed by atoms with Gasteiger partial charge in [-0.3, -0.25) is 4.90 Å². The van der Waals surface area contributed by atoms with Crippen LogP contribution in [0.2, 0.25) is 0 Å². The maximum atomic E-state index is 13.9. The summed E-state index contributed by atoms with van der Waals surface area (Å²) >= 11 is 0. The molecule has 0 saturated carbocycles. The third-order valence-corrected chi connectivity index (χ3v) is 4.49. The molecule has 20 heavy (non-hydrogen) atoms. The molecule has 0 radical (unpaired) electrons. The second-order valence-electron chi connectivity index (χ2n) is 6.17. The molecule has 1 aromatic carbocycles. The molecule has 1 unspecified atom stereocenters. The van der Waals surface area contributed by atoms with Gasteiger partial charge in [0.05, 0.1) is 6.04 Å². The summed E-state index contributed by atoms with van der Waals surface area (Å²) in [5.74, 6) is -1.11. The van der Waals surface area contributed by atoms with Crippen LogP contribution in [-0.2, 0) is 0 Å². The standard InChI is InChI=1S/C16H24F2N2/c1-16(2,20-10-5-3-4-6-11-20)15(19)14-12(17)8-7-9-13(14)18/h7-9,15H,3-6,10-11,19H2,1-2H3. The van der Waals surface area contributed by atoms with E-state index >= 15 is 0 Å². The Hall–Kier alpha value is -1.00. The molecule has 1 aliphatic heterocycles. The highest BCUT2D eigenvalue weighted by Crippen LogP contribution is 2.33. The molecule has 1 saturated heterocycles. The van der Waals surface area contributed by atoms with E-state index in [1.807, 2.05) is 13.8 Å². The fourth-order valence-electron chi connectivity index (χ4n) is 3.00. The first kappa shape index (κ1) is 15.4. The quantitative estimate of drug-likeness (QED) is 0.917. The Bertz CT molecular complexity index is 432. The van der Waals surface area contributed by atoms with Crippen LogP contribution >= 0.6 is 0 Å². The van der Waals surface area contributed by atoms with Gasteiger partial charge in [-0.15, -0.1) is 0 Å². The minimum Gasteiger partial charge on any atom is -0.322 e. The van der Waals surface area contributed by atoms with Crippen molar-refractivity contribution in [1.82, 2.24) is 4.90 Å². The number of hydrogen-bond donors (Lipinski definition) is 1. The molecule has 1 aromatic rings. The van der Waals surface area contributed by atoms with Gasteiger partial charge in [0.15, 0.2) is 0 Å². The van der Waals surface area contributed by atoms with Crippen molar-refractivity contribution in [3.8, 4) is 0 Å². The molecule has 1 heterocycles. The van der Waals surface area contributed by atoms with Crippen molar-refractivity contribution in [2.45, 2.75) is 51.1 Å². The molecule has 1 aliphatic rings. The Balaban J connectivity index is 2.27. The van der Waals surface area contributed by atoms with Crippen molar-refractivity contribution >= 4 is 0 Å². The molecule has 0 aromatic heterocycles. The average Bonchev–Trinajstić information content (AvgIpc) is 2.67. The molecule has 4 heteroatoms. The molecule has 2 rings (SSSR count). The Labute approximate surface area is 120 Å². The van der Waals surface area contributed by atoms with E-state index in [1.54, 1.807) is 0 Å². The van der Waals surface area contributed by atoms with Crippen molar-refractivity contribution in [3.05, 3.63) is 35.4 Å². The van der Waals surface area contributed by atoms with Crippen molar-refractivity contribution in [1.29, 1.82) is 0 Å². The first-order valence-electron chi connectivity index (χ1n) is 7.39. The first-order chi connectivity index (χ1) is 9.44. The Morgan fingerprint density at radius 1 is 1.05 bits per heavy atom. The molecule has 112 valence electrons. The highest BCUT2D eigenvalue weighted by atomic mass is 19.1. The molecular formula is C16H24F2N2. The number of nitrogens with zero attached hydrogens (tertiary/aromatic N) is 1. The van der Waals surface area contributed by atoms with E-state index in [1.165, 1.54) is 31.0 Å². The second-order valence-corrected chi connectivity index (χ2v) is 6.17. The number of hydrogen-bond acceptors (Lipinski definition) is 2. The summed E-state index contributed by atoms with van der Waals surface area (Å²) in [7, 11) is 0. The lowest BCUT2D eigenvalue weighted by atomic mass is 9.86. The van der Waals surface area contributed by atoms with Crippen LogP contribution in [0.4, 0.5) is 8.78 Å². The maximum absolute atomic E-state index is 13.9. The number of halogens is 2. The Morgan fingerprint density at radius 2 is 1.55 bits per heavy atom. The van der Waals surface area contributed by atoms with E-state index in [-0.39, 0.29) is 5.56 Å². The topological polar surface area (TPSA) is 29.3 Å². The van der Waals surface area contributed by atoms with E-state index in [0.29, 0.717) is 0 Å². The van der Waals surface area contributed by atoms with Crippen molar-refractivity contribution in [3.63, 3.8) is 0 Å². The molecular weight excluding hydrogens is 258 g/mol. The van der Waals surface area contributed by atoms with Gasteiger partial charge in [-0.2, -0.15) is 0 Å². The number of likely N-dealkylation sites (tertiary alicyclic amines) is 1. The summed E-state index contributed by atoms with van der Waals surface area (Å²) in [4.78, 5) is 2.27. The van der Waals surface area contributed by atoms with Crippen LogP contribution < -0.4 is 5.73 Å². The minimum absolute atomic E-state index is 0.00162. The zero-order chi connectivity index (χ0) is 14.8. The number of benzene rings is 1. The van der Waals surface area contributed by atoms with Gasteiger partial charge < -0.3 is 5.73 Å². The molecule has 1 fully saturated rings. The van der Waals surface area contributed by atoms with Gasteiger partial charge in [0.25, 0.3) is 0 Å². The van der Waals surface area contributed by atoms with Crippen LogP contribution in [-0.4, -0.2) is 23.5 Å². The predicted octanol–water partition coefficient (Wildman–Crippen LogP) is 3.62. The van der Waals surface area contributed by atoms with E-state index in [9.17, 15) is 8.78 Å². The lowest BCUT2D eigenvalue weighted by Gasteiger charge is -2.42. The summed E-state index contributed by atoms with van der Waals surface area (Å²) in [6.45, 7) is 5.84. The van der Waals surface area contributed by atoms with Gasteiger partial charge in [-0.1, -0.05) is 18.9 Å². The van der Waals surface area contributed by atoms with Gasteiger partial charge >= 0.3 is 0 Å². The summed E-state index contributed by atoms with van der Waals surface area (Å²) in [6.07, 6.45) is 4.68. The highest BCUT2D eigenvalue weighted by molar-refractivity contribution is 5.26. The molecule has 0 bridgehead atoms. The molecule has 2 nitrogen and oxygen atoms in total. The number of nitrogens with two attached hydrogens (primary N) is 1. The van der Waals surface area contributed by atoms with Crippen molar-refractivity contribution < 1.29 is 8.78 Å². The van der Waals surface area contributed by atoms with E-state index in [0.717, 1.165) is 25.9 Å². The fraction of sp³-hybridized carbons (Fsp3) is 0.625. The van der Waals surface area contributed by atoms with Crippen molar-refractivity contribution in [2.24, 2.45) is 5.73 Å². The smallest absolute Gasteiger partial charge is 0.130 e. The Kier molecular flexibility index (Phi) is 4.76. The van der Waals surface area contributed by atoms with Crippen LogP contribution in [0.3, 0.4) is 0 Å². The minimum atomic E-state index is -0.679. The Morgan fingerprint density at radius 3 is 2.05 bits per heavy atom. The summed E-state index contributed by atoms with van der Waals surface area (Å²) in [5.41, 5.74) is 5.77. The normalized spacial score (nSPS) is 19.6. The largest absolute Gasteiger partial charge is 0.322 e. The third-order valence-electron chi connectivity index (χ3n) is 4.49. The van der Waals surface area contributed by atoms with E-state index in [4.69, 9.17) is 5.73 Å². The summed E-state index contributed by atoms with van der Waals surface area (Å²) < 4.78 is 27.9. The average molecular weight is 282 g/mol. The van der Waals surface area contributed by atoms with Crippen molar-refractivity contribution in [2.75, 3.05) is 13.1 Å². The van der Waals surface area contributed by atoms with Gasteiger partial charge in [-0.05, 0) is 51.9 Å². The number of rotatable bonds is 3. The fourth-order valence-corrected chi connectivity index (χ4v) is 3.00. The third kappa shape index (κ3) is 3.01. The lowest BCUT2D eigenvalue weighted by Crippen LogP contribution is -2.52. The maximum Gasteiger partial charge on any atom is 0.130 e. The lowest BCUT2D eigenvalue weighted by molar-refractivity contribution is 0.0953. The highest BCUT2D eigenvalue weighted by Gasteiger charge is 2.36. The van der Waals surface area contributed by atoms with Gasteiger partial charge in [-0.25, -0.2) is 8.78 Å². The molecule has 0 amide bonds. The van der Waals surface area contributed by atoms with Crippen LogP contribution in [0.15, 0.2) is 18.2 Å². The summed E-state index contributed by atoms with van der Waals surface area (Å²) in [5, 5.41) is 0. The monoisotopic (exact) mass is 282 g/mol. The van der Waals surface area contributed by atoms with Crippen LogP contribution in [0.5, 0.6) is 0 Å². The second kappa shape index (κ2) is 6.19. The molecule has 0 spiro atoms. The van der Waals surface area contributed by atoms with E-state index < -0.39 is 23.2 Å². The molecule has 2 N–H and O–H groups in total. The van der Waals surface area contributed by atoms with Gasteiger partial charge in [0, 0.05) is 11.1 Å². The zero-order valence-corrected chi connectivity index (χ0v) is 12.3. The zero-order valence-electron chi connectivity index (χ0n) is 12.3.